The van der Waals surface area contributed by atoms with Gasteiger partial charge in [0.25, 0.3) is 0 Å². The van der Waals surface area contributed by atoms with Gasteiger partial charge in [-0.1, -0.05) is 29.8 Å². The van der Waals surface area contributed by atoms with Gasteiger partial charge < -0.3 is 15.4 Å². The summed E-state index contributed by atoms with van der Waals surface area (Å²) in [6.07, 6.45) is 0. The lowest BCUT2D eigenvalue weighted by Gasteiger charge is -2.14. The molecule has 0 bridgehead atoms. The molecule has 2 rings (SSSR count). The minimum absolute atomic E-state index is 0. The van der Waals surface area contributed by atoms with Crippen LogP contribution in [0.2, 0.25) is 0 Å². The molecule has 29 heavy (non-hydrogen) atoms. The van der Waals surface area contributed by atoms with Crippen molar-refractivity contribution in [2.24, 2.45) is 4.99 Å². The molecule has 0 unspecified atom stereocenters. The van der Waals surface area contributed by atoms with Crippen LogP contribution in [0.1, 0.15) is 11.1 Å². The Morgan fingerprint density at radius 3 is 2.21 bits per heavy atom. The molecule has 0 aromatic heterocycles. The highest BCUT2D eigenvalue weighted by Crippen LogP contribution is 2.14. The van der Waals surface area contributed by atoms with Gasteiger partial charge in [-0.2, -0.15) is 0 Å². The quantitative estimate of drug-likeness (QED) is 0.237. The van der Waals surface area contributed by atoms with Crippen molar-refractivity contribution in [2.45, 2.75) is 18.4 Å². The Bertz CT molecular complexity index is 883. The Kier molecular flexibility index (Phi) is 10.4. The molecule has 0 saturated heterocycles. The number of aliphatic imine (C=N–C) groups is 1. The van der Waals surface area contributed by atoms with Crippen LogP contribution in [-0.2, 0) is 16.6 Å². The third-order valence-electron chi connectivity index (χ3n) is 4.07. The summed E-state index contributed by atoms with van der Waals surface area (Å²) in [5.41, 5.74) is 2.15. The number of hydrogen-bond acceptors (Lipinski definition) is 4. The Morgan fingerprint density at radius 1 is 1.03 bits per heavy atom. The van der Waals surface area contributed by atoms with E-state index in [9.17, 15) is 8.42 Å². The molecule has 9 heteroatoms. The van der Waals surface area contributed by atoms with E-state index in [1.165, 1.54) is 24.0 Å². The zero-order chi connectivity index (χ0) is 20.6. The molecule has 2 aromatic carbocycles. The molecule has 0 saturated carbocycles. The summed E-state index contributed by atoms with van der Waals surface area (Å²) in [7, 11) is 1.32. The summed E-state index contributed by atoms with van der Waals surface area (Å²) in [5.74, 6) is 1.49. The maximum absolute atomic E-state index is 12.1. The fraction of sp³-hybridized carbons (Fsp3) is 0.350. The monoisotopic (exact) mass is 532 g/mol. The van der Waals surface area contributed by atoms with Crippen LogP contribution < -0.4 is 15.4 Å². The number of rotatable bonds is 8. The Hall–Kier alpha value is -1.85. The van der Waals surface area contributed by atoms with Gasteiger partial charge in [0, 0.05) is 27.7 Å². The molecule has 0 aliphatic heterocycles. The first kappa shape index (κ1) is 25.2. The van der Waals surface area contributed by atoms with Gasteiger partial charge >= 0.3 is 0 Å². The van der Waals surface area contributed by atoms with Crippen LogP contribution in [0.4, 0.5) is 0 Å². The van der Waals surface area contributed by atoms with Crippen LogP contribution in [0.25, 0.3) is 0 Å². The molecule has 2 N–H and O–H groups in total. The van der Waals surface area contributed by atoms with Gasteiger partial charge in [-0.25, -0.2) is 12.7 Å². The Morgan fingerprint density at radius 2 is 1.66 bits per heavy atom. The van der Waals surface area contributed by atoms with Gasteiger partial charge in [0.1, 0.15) is 12.4 Å². The van der Waals surface area contributed by atoms with Crippen LogP contribution in [0.15, 0.2) is 58.4 Å². The van der Waals surface area contributed by atoms with Crippen molar-refractivity contribution in [1.82, 2.24) is 14.9 Å². The molecule has 7 nitrogen and oxygen atoms in total. The lowest BCUT2D eigenvalue weighted by atomic mass is 10.2. The second-order valence-electron chi connectivity index (χ2n) is 6.45. The molecule has 160 valence electrons. The zero-order valence-electron chi connectivity index (χ0n) is 17.2. The highest BCUT2D eigenvalue weighted by molar-refractivity contribution is 14.0. The predicted octanol–water partition coefficient (Wildman–Crippen LogP) is 2.61. The van der Waals surface area contributed by atoms with Gasteiger partial charge in [-0.15, -0.1) is 24.0 Å². The molecular formula is C20H29IN4O3S. The van der Waals surface area contributed by atoms with Crippen LogP contribution in [0.5, 0.6) is 5.75 Å². The van der Waals surface area contributed by atoms with Crippen molar-refractivity contribution in [2.75, 3.05) is 34.3 Å². The molecule has 0 heterocycles. The van der Waals surface area contributed by atoms with E-state index in [0.29, 0.717) is 25.7 Å². The highest BCUT2D eigenvalue weighted by atomic mass is 127. The van der Waals surface area contributed by atoms with Crippen molar-refractivity contribution in [3.63, 3.8) is 0 Å². The number of hydrogen-bond donors (Lipinski definition) is 2. The van der Waals surface area contributed by atoms with Crippen molar-refractivity contribution < 1.29 is 13.2 Å². The number of ether oxygens (including phenoxy) is 1. The van der Waals surface area contributed by atoms with E-state index in [1.807, 2.05) is 31.2 Å². The van der Waals surface area contributed by atoms with Crippen molar-refractivity contribution >= 4 is 40.0 Å². The molecule has 0 radical (unpaired) electrons. The lowest BCUT2D eigenvalue weighted by molar-refractivity contribution is 0.322. The van der Waals surface area contributed by atoms with Gasteiger partial charge in [0.2, 0.25) is 10.0 Å². The van der Waals surface area contributed by atoms with E-state index >= 15 is 0 Å². The SMILES string of the molecule is CN=C(NCCOc1ccc(C)cc1)NCc1ccc(S(=O)(=O)N(C)C)cc1.I. The van der Waals surface area contributed by atoms with E-state index in [-0.39, 0.29) is 28.9 Å². The number of nitrogens with zero attached hydrogens (tertiary/aromatic N) is 2. The molecule has 0 spiro atoms. The Labute approximate surface area is 190 Å². The summed E-state index contributed by atoms with van der Waals surface area (Å²) < 4.78 is 31.1. The predicted molar refractivity (Wildman–Crippen MR) is 128 cm³/mol. The summed E-state index contributed by atoms with van der Waals surface area (Å²) in [4.78, 5) is 4.45. The summed E-state index contributed by atoms with van der Waals surface area (Å²) in [5, 5.41) is 6.38. The maximum atomic E-state index is 12.1. The van der Waals surface area contributed by atoms with Gasteiger partial charge in [-0.05, 0) is 36.8 Å². The number of nitrogens with one attached hydrogen (secondary N) is 2. The molecule has 0 aliphatic carbocycles. The maximum Gasteiger partial charge on any atom is 0.242 e. The largest absolute Gasteiger partial charge is 0.492 e. The first-order valence-electron chi connectivity index (χ1n) is 8.98. The van der Waals surface area contributed by atoms with Gasteiger partial charge in [0.15, 0.2) is 5.96 Å². The normalized spacial score (nSPS) is 11.7. The van der Waals surface area contributed by atoms with Gasteiger partial charge in [-0.3, -0.25) is 4.99 Å². The highest BCUT2D eigenvalue weighted by Gasteiger charge is 2.16. The van der Waals surface area contributed by atoms with Crippen LogP contribution in [0, 0.1) is 6.92 Å². The molecular weight excluding hydrogens is 503 g/mol. The van der Waals surface area contributed by atoms with E-state index in [4.69, 9.17) is 4.74 Å². The van der Waals surface area contributed by atoms with Crippen LogP contribution in [0.3, 0.4) is 0 Å². The topological polar surface area (TPSA) is 83.0 Å². The molecule has 0 aliphatic rings. The van der Waals surface area contributed by atoms with Gasteiger partial charge in [0.05, 0.1) is 11.4 Å². The molecule has 0 atom stereocenters. The lowest BCUT2D eigenvalue weighted by Crippen LogP contribution is -2.38. The number of aryl methyl sites for hydroxylation is 1. The first-order chi connectivity index (χ1) is 13.3. The fourth-order valence-electron chi connectivity index (χ4n) is 2.37. The van der Waals surface area contributed by atoms with E-state index in [0.717, 1.165) is 11.3 Å². The second kappa shape index (κ2) is 12.0. The third-order valence-corrected chi connectivity index (χ3v) is 5.90. The van der Waals surface area contributed by atoms with Crippen molar-refractivity contribution in [1.29, 1.82) is 0 Å². The van der Waals surface area contributed by atoms with Crippen LogP contribution >= 0.6 is 24.0 Å². The minimum atomic E-state index is -3.41. The number of benzene rings is 2. The van der Waals surface area contributed by atoms with Crippen molar-refractivity contribution in [3.8, 4) is 5.75 Å². The zero-order valence-corrected chi connectivity index (χ0v) is 20.3. The smallest absolute Gasteiger partial charge is 0.242 e. The number of halogens is 1. The second-order valence-corrected chi connectivity index (χ2v) is 8.60. The summed E-state index contributed by atoms with van der Waals surface area (Å²) in [6, 6.07) is 14.7. The summed E-state index contributed by atoms with van der Waals surface area (Å²) in [6.45, 7) is 3.69. The average Bonchev–Trinajstić information content (AvgIpc) is 2.69. The summed E-state index contributed by atoms with van der Waals surface area (Å²) >= 11 is 0. The Balaban J connectivity index is 0.00000420. The number of sulfonamides is 1. The third kappa shape index (κ3) is 7.82. The van der Waals surface area contributed by atoms with Crippen LogP contribution in [-0.4, -0.2) is 53.0 Å². The average molecular weight is 532 g/mol. The van der Waals surface area contributed by atoms with Crippen molar-refractivity contribution in [3.05, 3.63) is 59.7 Å². The minimum Gasteiger partial charge on any atom is -0.492 e. The number of guanidine groups is 1. The van der Waals surface area contributed by atoms with E-state index < -0.39 is 10.0 Å². The first-order valence-corrected chi connectivity index (χ1v) is 10.4. The fourth-order valence-corrected chi connectivity index (χ4v) is 3.27. The molecule has 0 fully saturated rings. The standard InChI is InChI=1S/C20H28N4O3S.HI/c1-16-5-9-18(10-6-16)27-14-13-22-20(21-2)23-15-17-7-11-19(12-8-17)28(25,26)24(3)4;/h5-12H,13-15H2,1-4H3,(H2,21,22,23);1H. The molecule has 2 aromatic rings. The molecule has 0 amide bonds. The van der Waals surface area contributed by atoms with E-state index in [2.05, 4.69) is 15.6 Å². The van der Waals surface area contributed by atoms with E-state index in [1.54, 1.807) is 31.3 Å².